The summed E-state index contributed by atoms with van der Waals surface area (Å²) in [6.45, 7) is 5.35. The van der Waals surface area contributed by atoms with Crippen molar-refractivity contribution in [3.05, 3.63) is 65.5 Å². The SMILES string of the molecule is CC(C)(C)C(=O)Oc1ccc2c(c1)OC(=Cc1c[nH]c3ccccc13)C2=O. The Labute approximate surface area is 156 Å². The first-order valence-corrected chi connectivity index (χ1v) is 8.69. The van der Waals surface area contributed by atoms with Crippen LogP contribution in [-0.2, 0) is 4.79 Å². The molecule has 0 unspecified atom stereocenters. The molecule has 2 aromatic carbocycles. The fraction of sp³-hybridized carbons (Fsp3) is 0.182. The van der Waals surface area contributed by atoms with Gasteiger partial charge in [0.15, 0.2) is 5.76 Å². The number of hydrogen-bond donors (Lipinski definition) is 1. The zero-order valence-corrected chi connectivity index (χ0v) is 15.3. The van der Waals surface area contributed by atoms with Crippen molar-refractivity contribution in [3.63, 3.8) is 0 Å². The molecule has 0 fully saturated rings. The van der Waals surface area contributed by atoms with Gasteiger partial charge < -0.3 is 14.5 Å². The smallest absolute Gasteiger partial charge is 0.316 e. The molecule has 0 aliphatic carbocycles. The first kappa shape index (κ1) is 17.1. The van der Waals surface area contributed by atoms with Crippen molar-refractivity contribution < 1.29 is 19.1 Å². The number of aromatic amines is 1. The molecule has 5 heteroatoms. The summed E-state index contributed by atoms with van der Waals surface area (Å²) < 4.78 is 11.1. The van der Waals surface area contributed by atoms with Crippen molar-refractivity contribution in [1.82, 2.24) is 4.98 Å². The van der Waals surface area contributed by atoms with E-state index in [9.17, 15) is 9.59 Å². The van der Waals surface area contributed by atoms with Gasteiger partial charge in [0.05, 0.1) is 11.0 Å². The van der Waals surface area contributed by atoms with Gasteiger partial charge in [-0.05, 0) is 45.0 Å². The normalized spacial score (nSPS) is 15.1. The maximum Gasteiger partial charge on any atom is 0.316 e. The molecule has 2 heterocycles. The van der Waals surface area contributed by atoms with E-state index in [1.165, 1.54) is 0 Å². The first-order chi connectivity index (χ1) is 12.8. The van der Waals surface area contributed by atoms with Crippen LogP contribution in [0.4, 0.5) is 0 Å². The lowest BCUT2D eigenvalue weighted by Crippen LogP contribution is -2.25. The molecule has 5 nitrogen and oxygen atoms in total. The molecular formula is C22H19NO4. The van der Waals surface area contributed by atoms with Crippen molar-refractivity contribution in [1.29, 1.82) is 0 Å². The van der Waals surface area contributed by atoms with Gasteiger partial charge in [0, 0.05) is 28.7 Å². The molecule has 1 aliphatic heterocycles. The molecule has 27 heavy (non-hydrogen) atoms. The number of rotatable bonds is 2. The monoisotopic (exact) mass is 361 g/mol. The number of H-pyrrole nitrogens is 1. The third-order valence-electron chi connectivity index (χ3n) is 4.37. The quantitative estimate of drug-likeness (QED) is 0.407. The minimum absolute atomic E-state index is 0.191. The molecule has 0 amide bonds. The van der Waals surface area contributed by atoms with Crippen LogP contribution in [0.2, 0.25) is 0 Å². The number of fused-ring (bicyclic) bond motifs is 2. The summed E-state index contributed by atoms with van der Waals surface area (Å²) in [5.74, 6) is 0.458. The van der Waals surface area contributed by atoms with E-state index in [4.69, 9.17) is 9.47 Å². The number of esters is 1. The third kappa shape index (κ3) is 3.12. The molecule has 3 aromatic rings. The highest BCUT2D eigenvalue weighted by atomic mass is 16.5. The molecule has 0 spiro atoms. The average molecular weight is 361 g/mol. The second kappa shape index (κ2) is 6.13. The van der Waals surface area contributed by atoms with E-state index >= 15 is 0 Å². The van der Waals surface area contributed by atoms with Crippen LogP contribution in [0.25, 0.3) is 17.0 Å². The highest BCUT2D eigenvalue weighted by molar-refractivity contribution is 6.15. The molecule has 0 bridgehead atoms. The van der Waals surface area contributed by atoms with Gasteiger partial charge in [-0.25, -0.2) is 0 Å². The molecule has 1 aliphatic rings. The van der Waals surface area contributed by atoms with Gasteiger partial charge in [0.1, 0.15) is 11.5 Å². The highest BCUT2D eigenvalue weighted by Gasteiger charge is 2.29. The van der Waals surface area contributed by atoms with E-state index in [0.29, 0.717) is 17.1 Å². The summed E-state index contributed by atoms with van der Waals surface area (Å²) in [5, 5.41) is 1.01. The summed E-state index contributed by atoms with van der Waals surface area (Å²) >= 11 is 0. The molecule has 0 saturated carbocycles. The summed E-state index contributed by atoms with van der Waals surface area (Å²) in [7, 11) is 0. The average Bonchev–Trinajstić information content (AvgIpc) is 3.16. The van der Waals surface area contributed by atoms with E-state index < -0.39 is 5.41 Å². The Kier molecular flexibility index (Phi) is 3.88. The number of ether oxygens (including phenoxy) is 2. The summed E-state index contributed by atoms with van der Waals surface area (Å²) in [6.07, 6.45) is 3.57. The number of hydrogen-bond acceptors (Lipinski definition) is 4. The number of ketones is 1. The van der Waals surface area contributed by atoms with E-state index in [1.807, 2.05) is 30.5 Å². The lowest BCUT2D eigenvalue weighted by atomic mass is 9.97. The van der Waals surface area contributed by atoms with Crippen LogP contribution >= 0.6 is 0 Å². The van der Waals surface area contributed by atoms with Crippen molar-refractivity contribution in [3.8, 4) is 11.5 Å². The molecule has 4 rings (SSSR count). The van der Waals surface area contributed by atoms with Crippen LogP contribution in [0.1, 0.15) is 36.7 Å². The predicted molar refractivity (Wildman–Crippen MR) is 103 cm³/mol. The van der Waals surface area contributed by atoms with E-state index in [-0.39, 0.29) is 17.5 Å². The molecule has 1 N–H and O–H groups in total. The minimum Gasteiger partial charge on any atom is -0.452 e. The van der Waals surface area contributed by atoms with Crippen molar-refractivity contribution >= 4 is 28.7 Å². The Balaban J connectivity index is 1.63. The van der Waals surface area contributed by atoms with Gasteiger partial charge in [-0.15, -0.1) is 0 Å². The largest absolute Gasteiger partial charge is 0.452 e. The minimum atomic E-state index is -0.615. The van der Waals surface area contributed by atoms with Gasteiger partial charge in [0.2, 0.25) is 5.78 Å². The Morgan fingerprint density at radius 2 is 1.93 bits per heavy atom. The molecular weight excluding hydrogens is 342 g/mol. The number of carbonyl (C=O) groups is 2. The predicted octanol–water partition coefficient (Wildman–Crippen LogP) is 4.74. The van der Waals surface area contributed by atoms with Crippen molar-refractivity contribution in [2.75, 3.05) is 0 Å². The van der Waals surface area contributed by atoms with Crippen LogP contribution in [-0.4, -0.2) is 16.7 Å². The first-order valence-electron chi connectivity index (χ1n) is 8.69. The van der Waals surface area contributed by atoms with Crippen LogP contribution < -0.4 is 9.47 Å². The Bertz CT molecular complexity index is 1100. The number of allylic oxidation sites excluding steroid dienone is 1. The molecule has 1 aromatic heterocycles. The van der Waals surface area contributed by atoms with Gasteiger partial charge in [0.25, 0.3) is 0 Å². The number of benzene rings is 2. The van der Waals surface area contributed by atoms with Crippen LogP contribution in [0, 0.1) is 5.41 Å². The van der Waals surface area contributed by atoms with Gasteiger partial charge in [-0.3, -0.25) is 9.59 Å². The second-order valence-electron chi connectivity index (χ2n) is 7.53. The Hall–Kier alpha value is -3.34. The number of aromatic nitrogens is 1. The fourth-order valence-corrected chi connectivity index (χ4v) is 2.85. The number of nitrogens with one attached hydrogen (secondary N) is 1. The van der Waals surface area contributed by atoms with E-state index in [1.54, 1.807) is 45.0 Å². The van der Waals surface area contributed by atoms with Gasteiger partial charge >= 0.3 is 5.97 Å². The summed E-state index contributed by atoms with van der Waals surface area (Å²) in [4.78, 5) is 27.9. The number of Topliss-reactive ketones (excluding diaryl/α,β-unsaturated/α-hetero) is 1. The topological polar surface area (TPSA) is 68.4 Å². The van der Waals surface area contributed by atoms with Crippen LogP contribution in [0.3, 0.4) is 0 Å². The highest BCUT2D eigenvalue weighted by Crippen LogP contribution is 2.36. The van der Waals surface area contributed by atoms with E-state index in [0.717, 1.165) is 16.5 Å². The molecule has 0 radical (unpaired) electrons. The summed E-state index contributed by atoms with van der Waals surface area (Å²) in [6, 6.07) is 12.7. The van der Waals surface area contributed by atoms with Crippen LogP contribution in [0.15, 0.2) is 54.4 Å². The lowest BCUT2D eigenvalue weighted by Gasteiger charge is -2.16. The Morgan fingerprint density at radius 1 is 1.15 bits per heavy atom. The van der Waals surface area contributed by atoms with Gasteiger partial charge in [-0.1, -0.05) is 18.2 Å². The number of carbonyl (C=O) groups excluding carboxylic acids is 2. The molecule has 136 valence electrons. The maximum absolute atomic E-state index is 12.6. The molecule has 0 saturated heterocycles. The molecule has 0 atom stereocenters. The fourth-order valence-electron chi connectivity index (χ4n) is 2.85. The standard InChI is InChI=1S/C22H19NO4/c1-22(2,3)21(25)26-14-8-9-16-18(11-14)27-19(20(16)24)10-13-12-23-17-7-5-4-6-15(13)17/h4-12,23H,1-3H3. The van der Waals surface area contributed by atoms with Gasteiger partial charge in [-0.2, -0.15) is 0 Å². The van der Waals surface area contributed by atoms with Crippen molar-refractivity contribution in [2.45, 2.75) is 20.8 Å². The number of para-hydroxylation sites is 1. The van der Waals surface area contributed by atoms with Crippen molar-refractivity contribution in [2.24, 2.45) is 5.41 Å². The maximum atomic E-state index is 12.6. The summed E-state index contributed by atoms with van der Waals surface area (Å²) in [5.41, 5.74) is 1.71. The van der Waals surface area contributed by atoms with Crippen LogP contribution in [0.5, 0.6) is 11.5 Å². The lowest BCUT2D eigenvalue weighted by molar-refractivity contribution is -0.143. The Morgan fingerprint density at radius 3 is 2.70 bits per heavy atom. The third-order valence-corrected chi connectivity index (χ3v) is 4.37. The van der Waals surface area contributed by atoms with E-state index in [2.05, 4.69) is 4.98 Å². The second-order valence-corrected chi connectivity index (χ2v) is 7.53. The zero-order valence-electron chi connectivity index (χ0n) is 15.3. The zero-order chi connectivity index (χ0) is 19.2.